The highest BCUT2D eigenvalue weighted by atomic mass is 16.5. The lowest BCUT2D eigenvalue weighted by Gasteiger charge is -2.17. The van der Waals surface area contributed by atoms with E-state index in [4.69, 9.17) is 5.26 Å². The van der Waals surface area contributed by atoms with E-state index in [0.29, 0.717) is 6.54 Å². The van der Waals surface area contributed by atoms with Crippen molar-refractivity contribution in [3.63, 3.8) is 0 Å². The smallest absolute Gasteiger partial charge is 0.164 e. The van der Waals surface area contributed by atoms with E-state index in [2.05, 4.69) is 6.92 Å². The van der Waals surface area contributed by atoms with E-state index >= 15 is 0 Å². The number of nitriles is 1. The average molecular weight is 142 g/mol. The fourth-order valence-electron chi connectivity index (χ4n) is 0.749. The molecule has 0 fully saturated rings. The van der Waals surface area contributed by atoms with Crippen molar-refractivity contribution >= 4 is 0 Å². The normalized spacial score (nSPS) is 12.5. The lowest BCUT2D eigenvalue weighted by atomic mass is 10.2. The van der Waals surface area contributed by atoms with E-state index in [1.54, 1.807) is 0 Å². The molecule has 0 spiro atoms. The van der Waals surface area contributed by atoms with Gasteiger partial charge in [0.1, 0.15) is 6.07 Å². The van der Waals surface area contributed by atoms with Crippen LogP contribution < -0.4 is 5.06 Å². The minimum absolute atomic E-state index is 0.0796. The standard InChI is InChI=1S/C7H14N2O/c1-2-3-4-6-9(10)7-5-8/h9H,2-4,6-7H2,1H3. The summed E-state index contributed by atoms with van der Waals surface area (Å²) >= 11 is 0. The third kappa shape index (κ3) is 5.54. The van der Waals surface area contributed by atoms with Gasteiger partial charge in [0.25, 0.3) is 0 Å². The van der Waals surface area contributed by atoms with Crippen molar-refractivity contribution in [2.75, 3.05) is 13.1 Å². The molecule has 58 valence electrons. The van der Waals surface area contributed by atoms with Gasteiger partial charge in [-0.15, -0.1) is 0 Å². The number of hydroxylamine groups is 2. The molecule has 0 saturated carbocycles. The predicted molar refractivity (Wildman–Crippen MR) is 39.2 cm³/mol. The van der Waals surface area contributed by atoms with Gasteiger partial charge < -0.3 is 10.3 Å². The number of hydrogen-bond donors (Lipinski definition) is 1. The SMILES string of the molecule is CCCCC[NH+]([O-])CC#N. The maximum atomic E-state index is 10.7. The molecule has 0 aromatic rings. The van der Waals surface area contributed by atoms with Crippen LogP contribution in [0.5, 0.6) is 0 Å². The summed E-state index contributed by atoms with van der Waals surface area (Å²) in [6, 6.07) is 1.84. The molecule has 0 amide bonds. The minimum Gasteiger partial charge on any atom is -0.634 e. The van der Waals surface area contributed by atoms with Crippen LogP contribution in [0, 0.1) is 16.5 Å². The highest BCUT2D eigenvalue weighted by molar-refractivity contribution is 4.65. The van der Waals surface area contributed by atoms with E-state index < -0.39 is 0 Å². The van der Waals surface area contributed by atoms with Crippen LogP contribution in [0.3, 0.4) is 0 Å². The fraction of sp³-hybridized carbons (Fsp3) is 0.857. The van der Waals surface area contributed by atoms with Gasteiger partial charge in [-0.05, 0) is 12.8 Å². The molecular formula is C7H14N2O. The van der Waals surface area contributed by atoms with Gasteiger partial charge in [0.2, 0.25) is 0 Å². The minimum atomic E-state index is 0.0796. The number of rotatable bonds is 5. The number of quaternary nitrogens is 1. The van der Waals surface area contributed by atoms with Gasteiger partial charge in [0.15, 0.2) is 6.54 Å². The zero-order chi connectivity index (χ0) is 7.82. The first-order valence-electron chi connectivity index (χ1n) is 3.70. The third-order valence-corrected chi connectivity index (χ3v) is 1.34. The molecule has 0 rings (SSSR count). The van der Waals surface area contributed by atoms with Gasteiger partial charge in [-0.1, -0.05) is 13.3 Å². The van der Waals surface area contributed by atoms with E-state index in [0.717, 1.165) is 19.3 Å². The number of hydrogen-bond acceptors (Lipinski definition) is 2. The van der Waals surface area contributed by atoms with Gasteiger partial charge in [0, 0.05) is 0 Å². The van der Waals surface area contributed by atoms with Crippen molar-refractivity contribution < 1.29 is 5.06 Å². The van der Waals surface area contributed by atoms with E-state index in [-0.39, 0.29) is 11.6 Å². The van der Waals surface area contributed by atoms with Gasteiger partial charge >= 0.3 is 0 Å². The van der Waals surface area contributed by atoms with Gasteiger partial charge in [0.05, 0.1) is 6.54 Å². The molecule has 3 heteroatoms. The number of nitrogens with zero attached hydrogens (tertiary/aromatic N) is 1. The second kappa shape index (κ2) is 6.53. The summed E-state index contributed by atoms with van der Waals surface area (Å²) in [6.07, 6.45) is 3.16. The van der Waals surface area contributed by atoms with Crippen molar-refractivity contribution in [2.45, 2.75) is 26.2 Å². The average Bonchev–Trinajstić information content (AvgIpc) is 1.89. The Morgan fingerprint density at radius 3 is 2.70 bits per heavy atom. The summed E-state index contributed by atoms with van der Waals surface area (Å²) in [5.41, 5.74) is 0. The Morgan fingerprint density at radius 1 is 1.50 bits per heavy atom. The fourth-order valence-corrected chi connectivity index (χ4v) is 0.749. The molecular weight excluding hydrogens is 128 g/mol. The summed E-state index contributed by atoms with van der Waals surface area (Å²) in [5, 5.41) is 18.9. The van der Waals surface area contributed by atoms with Crippen LogP contribution in [0.1, 0.15) is 26.2 Å². The van der Waals surface area contributed by atoms with Gasteiger partial charge in [-0.2, -0.15) is 5.26 Å². The third-order valence-electron chi connectivity index (χ3n) is 1.34. The molecule has 0 bridgehead atoms. The van der Waals surface area contributed by atoms with E-state index in [1.165, 1.54) is 0 Å². The van der Waals surface area contributed by atoms with Crippen LogP contribution in [-0.4, -0.2) is 13.1 Å². The monoisotopic (exact) mass is 142 g/mol. The van der Waals surface area contributed by atoms with Crippen molar-refractivity contribution in [1.82, 2.24) is 0 Å². The summed E-state index contributed by atoms with van der Waals surface area (Å²) < 4.78 is 0. The number of unbranched alkanes of at least 4 members (excludes halogenated alkanes) is 2. The molecule has 1 N–H and O–H groups in total. The zero-order valence-corrected chi connectivity index (χ0v) is 6.39. The van der Waals surface area contributed by atoms with Crippen molar-refractivity contribution in [1.29, 1.82) is 5.26 Å². The maximum absolute atomic E-state index is 10.7. The Bertz CT molecular complexity index is 109. The van der Waals surface area contributed by atoms with Crippen LogP contribution in [0.15, 0.2) is 0 Å². The Kier molecular flexibility index (Phi) is 6.14. The zero-order valence-electron chi connectivity index (χ0n) is 6.39. The van der Waals surface area contributed by atoms with Crippen molar-refractivity contribution in [2.24, 2.45) is 0 Å². The molecule has 3 nitrogen and oxygen atoms in total. The maximum Gasteiger partial charge on any atom is 0.164 e. The van der Waals surface area contributed by atoms with Crippen LogP contribution >= 0.6 is 0 Å². The van der Waals surface area contributed by atoms with E-state index in [1.807, 2.05) is 6.07 Å². The van der Waals surface area contributed by atoms with Crippen LogP contribution in [0.2, 0.25) is 0 Å². The van der Waals surface area contributed by atoms with Crippen LogP contribution in [0.25, 0.3) is 0 Å². The molecule has 0 aliphatic heterocycles. The lowest BCUT2D eigenvalue weighted by molar-refractivity contribution is -0.840. The molecule has 0 saturated heterocycles. The highest BCUT2D eigenvalue weighted by Crippen LogP contribution is 1.88. The molecule has 0 radical (unpaired) electrons. The predicted octanol–water partition coefficient (Wildman–Crippen LogP) is 0.0829. The van der Waals surface area contributed by atoms with Crippen molar-refractivity contribution in [3.8, 4) is 6.07 Å². The van der Waals surface area contributed by atoms with Gasteiger partial charge in [-0.25, -0.2) is 0 Å². The Labute approximate surface area is 61.8 Å². The van der Waals surface area contributed by atoms with Crippen LogP contribution in [-0.2, 0) is 0 Å². The summed E-state index contributed by atoms with van der Waals surface area (Å²) in [4.78, 5) is 0. The Balaban J connectivity index is 3.06. The molecule has 0 aliphatic carbocycles. The molecule has 0 heterocycles. The Hall–Kier alpha value is -0.590. The largest absolute Gasteiger partial charge is 0.634 e. The van der Waals surface area contributed by atoms with E-state index in [9.17, 15) is 5.21 Å². The van der Waals surface area contributed by atoms with Crippen LogP contribution in [0.4, 0.5) is 0 Å². The topological polar surface area (TPSA) is 51.3 Å². The molecule has 0 aromatic heterocycles. The van der Waals surface area contributed by atoms with Crippen molar-refractivity contribution in [3.05, 3.63) is 5.21 Å². The lowest BCUT2D eigenvalue weighted by Crippen LogP contribution is -3.07. The molecule has 0 aromatic carbocycles. The second-order valence-electron chi connectivity index (χ2n) is 2.33. The molecule has 0 aliphatic rings. The first-order chi connectivity index (χ1) is 4.81. The number of nitrogens with one attached hydrogen (secondary N) is 1. The second-order valence-corrected chi connectivity index (χ2v) is 2.33. The molecule has 1 atom stereocenters. The summed E-state index contributed by atoms with van der Waals surface area (Å²) in [7, 11) is 0. The first-order valence-corrected chi connectivity index (χ1v) is 3.70. The summed E-state index contributed by atoms with van der Waals surface area (Å²) in [6.45, 7) is 2.76. The van der Waals surface area contributed by atoms with Gasteiger partial charge in [-0.3, -0.25) is 0 Å². The quantitative estimate of drug-likeness (QED) is 0.336. The molecule has 10 heavy (non-hydrogen) atoms. The highest BCUT2D eigenvalue weighted by Gasteiger charge is 1.93. The molecule has 1 unspecified atom stereocenters. The summed E-state index contributed by atoms with van der Waals surface area (Å²) in [5.74, 6) is 0. The Morgan fingerprint density at radius 2 is 2.20 bits per heavy atom. The first kappa shape index (κ1) is 9.41.